The van der Waals surface area contributed by atoms with Crippen LogP contribution in [0.15, 0.2) is 36.5 Å². The van der Waals surface area contributed by atoms with Gasteiger partial charge in [0, 0.05) is 31.5 Å². The minimum Gasteiger partial charge on any atom is -0.363 e. The molecular weight excluding hydrogens is 234 g/mol. The van der Waals surface area contributed by atoms with Crippen molar-refractivity contribution in [1.29, 1.82) is 0 Å². The molecule has 0 fully saturated rings. The zero-order valence-corrected chi connectivity index (χ0v) is 12.5. The summed E-state index contributed by atoms with van der Waals surface area (Å²) in [4.78, 5) is 11.0. The summed E-state index contributed by atoms with van der Waals surface area (Å²) in [6.07, 6.45) is 2.83. The summed E-state index contributed by atoms with van der Waals surface area (Å²) < 4.78 is 0. The molecule has 0 saturated carbocycles. The Bertz CT molecular complexity index is 490. The standard InChI is InChI=1S/C14H17N3.C2H6/c1-4-12-6-5-7-13(16-12)11-8-9-14(15-10-11)17(2)3;1-2/h5-10H,4H2,1-3H3;1-2H3. The van der Waals surface area contributed by atoms with Gasteiger partial charge in [-0.05, 0) is 30.7 Å². The molecular formula is C16H23N3. The van der Waals surface area contributed by atoms with Crippen molar-refractivity contribution in [3.05, 3.63) is 42.2 Å². The molecule has 0 aliphatic rings. The Morgan fingerprint density at radius 2 is 1.79 bits per heavy atom. The number of aryl methyl sites for hydroxylation is 1. The van der Waals surface area contributed by atoms with E-state index in [0.717, 1.165) is 29.2 Å². The second-order valence-electron chi connectivity index (χ2n) is 4.17. The van der Waals surface area contributed by atoms with Crippen molar-refractivity contribution in [2.24, 2.45) is 0 Å². The zero-order chi connectivity index (χ0) is 14.3. The van der Waals surface area contributed by atoms with Crippen LogP contribution in [0.5, 0.6) is 0 Å². The summed E-state index contributed by atoms with van der Waals surface area (Å²) in [7, 11) is 3.97. The summed E-state index contributed by atoms with van der Waals surface area (Å²) in [6.45, 7) is 6.11. The molecule has 0 unspecified atom stereocenters. The number of anilines is 1. The molecule has 0 aromatic carbocycles. The van der Waals surface area contributed by atoms with E-state index in [1.54, 1.807) is 0 Å². The smallest absolute Gasteiger partial charge is 0.127 e. The van der Waals surface area contributed by atoms with Gasteiger partial charge in [0.15, 0.2) is 0 Å². The summed E-state index contributed by atoms with van der Waals surface area (Å²) in [5.41, 5.74) is 3.16. The van der Waals surface area contributed by atoms with Gasteiger partial charge in [0.05, 0.1) is 5.69 Å². The maximum atomic E-state index is 4.58. The molecule has 19 heavy (non-hydrogen) atoms. The second-order valence-corrected chi connectivity index (χ2v) is 4.17. The second kappa shape index (κ2) is 7.52. The number of aromatic nitrogens is 2. The van der Waals surface area contributed by atoms with Gasteiger partial charge < -0.3 is 4.90 Å². The summed E-state index contributed by atoms with van der Waals surface area (Å²) in [5.74, 6) is 0.959. The van der Waals surface area contributed by atoms with E-state index in [1.165, 1.54) is 0 Å². The van der Waals surface area contributed by atoms with Gasteiger partial charge in [0.1, 0.15) is 5.82 Å². The van der Waals surface area contributed by atoms with Gasteiger partial charge in [0.2, 0.25) is 0 Å². The molecule has 2 rings (SSSR count). The molecule has 3 nitrogen and oxygen atoms in total. The van der Waals surface area contributed by atoms with Gasteiger partial charge in [-0.3, -0.25) is 4.98 Å². The fourth-order valence-electron chi connectivity index (χ4n) is 1.64. The summed E-state index contributed by atoms with van der Waals surface area (Å²) >= 11 is 0. The molecule has 0 spiro atoms. The highest BCUT2D eigenvalue weighted by atomic mass is 15.1. The first kappa shape index (κ1) is 15.2. The van der Waals surface area contributed by atoms with Crippen LogP contribution in [0.1, 0.15) is 26.5 Å². The van der Waals surface area contributed by atoms with Crippen molar-refractivity contribution < 1.29 is 0 Å². The number of pyridine rings is 2. The molecule has 0 radical (unpaired) electrons. The lowest BCUT2D eigenvalue weighted by Gasteiger charge is -2.11. The van der Waals surface area contributed by atoms with E-state index < -0.39 is 0 Å². The molecule has 2 aromatic rings. The van der Waals surface area contributed by atoms with Crippen molar-refractivity contribution in [3.63, 3.8) is 0 Å². The average Bonchev–Trinajstić information content (AvgIpc) is 2.49. The van der Waals surface area contributed by atoms with Gasteiger partial charge in [-0.15, -0.1) is 0 Å². The minimum atomic E-state index is 0.955. The Kier molecular flexibility index (Phi) is 6.00. The maximum Gasteiger partial charge on any atom is 0.127 e. The molecule has 0 N–H and O–H groups in total. The van der Waals surface area contributed by atoms with Crippen LogP contribution in [0.4, 0.5) is 5.82 Å². The average molecular weight is 257 g/mol. The van der Waals surface area contributed by atoms with E-state index in [9.17, 15) is 0 Å². The van der Waals surface area contributed by atoms with Gasteiger partial charge in [0.25, 0.3) is 0 Å². The number of hydrogen-bond acceptors (Lipinski definition) is 3. The molecule has 0 saturated heterocycles. The molecule has 0 aliphatic heterocycles. The van der Waals surface area contributed by atoms with Crippen LogP contribution in [-0.4, -0.2) is 24.1 Å². The van der Waals surface area contributed by atoms with Crippen molar-refractivity contribution in [2.45, 2.75) is 27.2 Å². The van der Waals surface area contributed by atoms with Crippen LogP contribution in [0, 0.1) is 0 Å². The quantitative estimate of drug-likeness (QED) is 0.837. The third kappa shape index (κ3) is 4.05. The third-order valence-electron chi connectivity index (χ3n) is 2.67. The first-order valence-electron chi connectivity index (χ1n) is 6.80. The van der Waals surface area contributed by atoms with Gasteiger partial charge in [-0.2, -0.15) is 0 Å². The Morgan fingerprint density at radius 3 is 2.32 bits per heavy atom. The minimum absolute atomic E-state index is 0.955. The number of nitrogens with zero attached hydrogens (tertiary/aromatic N) is 3. The molecule has 0 amide bonds. The van der Waals surface area contributed by atoms with E-state index >= 15 is 0 Å². The summed E-state index contributed by atoms with van der Waals surface area (Å²) in [6, 6.07) is 10.2. The third-order valence-corrected chi connectivity index (χ3v) is 2.67. The van der Waals surface area contributed by atoms with Crippen LogP contribution in [0.2, 0.25) is 0 Å². The molecule has 0 bridgehead atoms. The predicted molar refractivity (Wildman–Crippen MR) is 82.5 cm³/mol. The van der Waals surface area contributed by atoms with E-state index in [4.69, 9.17) is 0 Å². The summed E-state index contributed by atoms with van der Waals surface area (Å²) in [5, 5.41) is 0. The van der Waals surface area contributed by atoms with E-state index in [0.29, 0.717) is 0 Å². The molecule has 0 aliphatic carbocycles. The molecule has 2 aromatic heterocycles. The Morgan fingerprint density at radius 1 is 1.05 bits per heavy atom. The Hall–Kier alpha value is -1.90. The lowest BCUT2D eigenvalue weighted by Crippen LogP contribution is -2.10. The molecule has 0 atom stereocenters. The topological polar surface area (TPSA) is 29.0 Å². The van der Waals surface area contributed by atoms with E-state index in [1.807, 2.05) is 63.3 Å². The van der Waals surface area contributed by atoms with Crippen LogP contribution in [0.3, 0.4) is 0 Å². The fraction of sp³-hybridized carbons (Fsp3) is 0.375. The highest BCUT2D eigenvalue weighted by Crippen LogP contribution is 2.18. The largest absolute Gasteiger partial charge is 0.363 e. The van der Waals surface area contributed by atoms with Crippen molar-refractivity contribution in [1.82, 2.24) is 9.97 Å². The van der Waals surface area contributed by atoms with E-state index in [2.05, 4.69) is 23.0 Å². The van der Waals surface area contributed by atoms with Gasteiger partial charge in [-0.25, -0.2) is 4.98 Å². The lowest BCUT2D eigenvalue weighted by atomic mass is 10.1. The first-order chi connectivity index (χ1) is 9.20. The van der Waals surface area contributed by atoms with Crippen molar-refractivity contribution in [2.75, 3.05) is 19.0 Å². The molecule has 102 valence electrons. The Balaban J connectivity index is 0.000000861. The van der Waals surface area contributed by atoms with E-state index in [-0.39, 0.29) is 0 Å². The Labute approximate surface area is 116 Å². The number of rotatable bonds is 3. The van der Waals surface area contributed by atoms with Crippen LogP contribution < -0.4 is 4.90 Å². The highest BCUT2D eigenvalue weighted by molar-refractivity contribution is 5.59. The van der Waals surface area contributed by atoms with Crippen LogP contribution in [0.25, 0.3) is 11.3 Å². The zero-order valence-electron chi connectivity index (χ0n) is 12.5. The van der Waals surface area contributed by atoms with Crippen molar-refractivity contribution >= 4 is 5.82 Å². The van der Waals surface area contributed by atoms with Gasteiger partial charge in [-0.1, -0.05) is 26.8 Å². The fourth-order valence-corrected chi connectivity index (χ4v) is 1.64. The SMILES string of the molecule is CC.CCc1cccc(-c2ccc(N(C)C)nc2)n1. The number of hydrogen-bond donors (Lipinski definition) is 0. The predicted octanol–water partition coefficient (Wildman–Crippen LogP) is 3.80. The lowest BCUT2D eigenvalue weighted by molar-refractivity contribution is 1.03. The molecule has 2 heterocycles. The highest BCUT2D eigenvalue weighted by Gasteiger charge is 2.02. The monoisotopic (exact) mass is 257 g/mol. The van der Waals surface area contributed by atoms with Crippen LogP contribution >= 0.6 is 0 Å². The maximum absolute atomic E-state index is 4.58. The van der Waals surface area contributed by atoms with Crippen molar-refractivity contribution in [3.8, 4) is 11.3 Å². The van der Waals surface area contributed by atoms with Gasteiger partial charge >= 0.3 is 0 Å². The molecule has 3 heteroatoms. The first-order valence-corrected chi connectivity index (χ1v) is 6.80. The van der Waals surface area contributed by atoms with Crippen LogP contribution in [-0.2, 0) is 6.42 Å². The normalized spacial score (nSPS) is 9.53.